The zero-order valence-corrected chi connectivity index (χ0v) is 18.2. The Morgan fingerprint density at radius 3 is 2.23 bits per heavy atom. The molecule has 0 unspecified atom stereocenters. The molecule has 0 bridgehead atoms. The third-order valence-electron chi connectivity index (χ3n) is 6.96. The number of benzene rings is 1. The van der Waals surface area contributed by atoms with Gasteiger partial charge in [0.1, 0.15) is 6.04 Å². The maximum absolute atomic E-state index is 12.9. The van der Waals surface area contributed by atoms with Crippen LogP contribution in [0, 0.1) is 17.8 Å². The molecule has 7 heteroatoms. The summed E-state index contributed by atoms with van der Waals surface area (Å²) < 4.78 is 5.35. The van der Waals surface area contributed by atoms with Crippen LogP contribution in [-0.4, -0.2) is 59.2 Å². The van der Waals surface area contributed by atoms with Crippen LogP contribution in [0.5, 0.6) is 0 Å². The summed E-state index contributed by atoms with van der Waals surface area (Å²) in [6, 6.07) is 5.46. The first kappa shape index (κ1) is 21.5. The molecule has 2 fully saturated rings. The van der Waals surface area contributed by atoms with E-state index >= 15 is 0 Å². The minimum absolute atomic E-state index is 0.206. The summed E-state index contributed by atoms with van der Waals surface area (Å²) >= 11 is 0. The topological polar surface area (TPSA) is 84.0 Å². The highest BCUT2D eigenvalue weighted by Gasteiger charge is 2.45. The second kappa shape index (κ2) is 8.81. The van der Waals surface area contributed by atoms with E-state index in [1.54, 1.807) is 43.0 Å². The van der Waals surface area contributed by atoms with Crippen LogP contribution in [0.15, 0.2) is 24.3 Å². The standard InChI is InChI=1S/C24H30N2O5/c1-15(2)21(26-22(28)18-9-5-6-10-19(18)23(26)29)24(30)31-14-20(27)25-12-11-16-7-3-4-8-17(16)13-25/h5-6,9-10,15-17,21H,3-4,7-8,11-14H2,1-2H3/t16-,17+,21-/m1/s1. The minimum atomic E-state index is -1.07. The molecule has 0 aromatic heterocycles. The average Bonchev–Trinajstić information content (AvgIpc) is 3.02. The number of ether oxygens (including phenoxy) is 1. The lowest BCUT2D eigenvalue weighted by atomic mass is 9.75. The Balaban J connectivity index is 1.39. The monoisotopic (exact) mass is 426 g/mol. The molecule has 1 aromatic carbocycles. The Kier molecular flexibility index (Phi) is 6.12. The first-order valence-corrected chi connectivity index (χ1v) is 11.3. The predicted molar refractivity (Wildman–Crippen MR) is 113 cm³/mol. The Morgan fingerprint density at radius 1 is 1.00 bits per heavy atom. The first-order valence-electron chi connectivity index (χ1n) is 11.3. The Bertz CT molecular complexity index is 861. The maximum Gasteiger partial charge on any atom is 0.330 e. The molecule has 4 rings (SSSR count). The number of carbonyl (C=O) groups is 4. The molecule has 0 spiro atoms. The van der Waals surface area contributed by atoms with Crippen LogP contribution in [0.4, 0.5) is 0 Å². The molecular weight excluding hydrogens is 396 g/mol. The van der Waals surface area contributed by atoms with Gasteiger partial charge in [-0.05, 0) is 42.7 Å². The normalized spacial score (nSPS) is 24.1. The van der Waals surface area contributed by atoms with Crippen molar-refractivity contribution in [3.63, 3.8) is 0 Å². The second-order valence-electron chi connectivity index (χ2n) is 9.26. The van der Waals surface area contributed by atoms with Crippen molar-refractivity contribution in [3.8, 4) is 0 Å². The lowest BCUT2D eigenvalue weighted by Gasteiger charge is -2.41. The van der Waals surface area contributed by atoms with E-state index in [4.69, 9.17) is 4.74 Å². The molecule has 3 aliphatic rings. The van der Waals surface area contributed by atoms with Crippen molar-refractivity contribution in [1.29, 1.82) is 0 Å². The summed E-state index contributed by atoms with van der Waals surface area (Å²) in [6.45, 7) is 4.58. The van der Waals surface area contributed by atoms with Crippen molar-refractivity contribution >= 4 is 23.7 Å². The van der Waals surface area contributed by atoms with Crippen LogP contribution >= 0.6 is 0 Å². The number of piperidine rings is 1. The van der Waals surface area contributed by atoms with E-state index < -0.39 is 23.8 Å². The van der Waals surface area contributed by atoms with E-state index in [0.717, 1.165) is 24.3 Å². The zero-order chi connectivity index (χ0) is 22.1. The summed E-state index contributed by atoms with van der Waals surface area (Å²) in [7, 11) is 0. The third kappa shape index (κ3) is 4.10. The van der Waals surface area contributed by atoms with Gasteiger partial charge in [0.2, 0.25) is 0 Å². The molecule has 1 saturated heterocycles. The summed E-state index contributed by atoms with van der Waals surface area (Å²) in [5, 5.41) is 0. The van der Waals surface area contributed by atoms with Gasteiger partial charge in [-0.2, -0.15) is 0 Å². The fraction of sp³-hybridized carbons (Fsp3) is 0.583. The van der Waals surface area contributed by atoms with Crippen LogP contribution in [-0.2, 0) is 14.3 Å². The van der Waals surface area contributed by atoms with Gasteiger partial charge in [-0.1, -0.05) is 45.2 Å². The number of imide groups is 1. The first-order chi connectivity index (χ1) is 14.9. The SMILES string of the molecule is CC(C)[C@H](C(=O)OCC(=O)N1CC[C@H]2CCCC[C@H]2C1)N1C(=O)c2ccccc2C1=O. The summed E-state index contributed by atoms with van der Waals surface area (Å²) in [5.74, 6) is -1.01. The van der Waals surface area contributed by atoms with E-state index in [1.165, 1.54) is 19.3 Å². The fourth-order valence-corrected chi connectivity index (χ4v) is 5.27. The molecule has 3 atom stereocenters. The number of hydrogen-bond donors (Lipinski definition) is 0. The van der Waals surface area contributed by atoms with Gasteiger partial charge in [-0.15, -0.1) is 0 Å². The molecule has 7 nitrogen and oxygen atoms in total. The maximum atomic E-state index is 12.9. The van der Waals surface area contributed by atoms with Crippen molar-refractivity contribution in [2.24, 2.45) is 17.8 Å². The van der Waals surface area contributed by atoms with Gasteiger partial charge < -0.3 is 9.64 Å². The lowest BCUT2D eigenvalue weighted by Crippen LogP contribution is -2.50. The summed E-state index contributed by atoms with van der Waals surface area (Å²) in [6.07, 6.45) is 5.91. The molecule has 2 heterocycles. The number of carbonyl (C=O) groups excluding carboxylic acids is 4. The number of hydrogen-bond acceptors (Lipinski definition) is 5. The van der Waals surface area contributed by atoms with E-state index in [0.29, 0.717) is 18.4 Å². The van der Waals surface area contributed by atoms with Crippen molar-refractivity contribution in [3.05, 3.63) is 35.4 Å². The van der Waals surface area contributed by atoms with Crippen LogP contribution in [0.2, 0.25) is 0 Å². The minimum Gasteiger partial charge on any atom is -0.454 e. The molecular formula is C24H30N2O5. The van der Waals surface area contributed by atoms with Crippen molar-refractivity contribution in [1.82, 2.24) is 9.80 Å². The van der Waals surface area contributed by atoms with Crippen LogP contribution < -0.4 is 0 Å². The largest absolute Gasteiger partial charge is 0.454 e. The Morgan fingerprint density at radius 2 is 1.61 bits per heavy atom. The van der Waals surface area contributed by atoms with Gasteiger partial charge in [0.25, 0.3) is 17.7 Å². The van der Waals surface area contributed by atoms with Crippen molar-refractivity contribution in [2.45, 2.75) is 52.0 Å². The van der Waals surface area contributed by atoms with E-state index in [1.807, 2.05) is 0 Å². The molecule has 1 aliphatic carbocycles. The molecule has 0 N–H and O–H groups in total. The smallest absolute Gasteiger partial charge is 0.330 e. The fourth-order valence-electron chi connectivity index (χ4n) is 5.27. The second-order valence-corrected chi connectivity index (χ2v) is 9.26. The molecule has 3 amide bonds. The highest BCUT2D eigenvalue weighted by Crippen LogP contribution is 2.36. The number of rotatable bonds is 5. The summed E-state index contributed by atoms with van der Waals surface area (Å²) in [5.41, 5.74) is 0.578. The Labute approximate surface area is 182 Å². The molecule has 2 aliphatic heterocycles. The lowest BCUT2D eigenvalue weighted by molar-refractivity contribution is -0.157. The van der Waals surface area contributed by atoms with Gasteiger partial charge in [-0.3, -0.25) is 19.3 Å². The quantitative estimate of drug-likeness (QED) is 0.534. The molecule has 0 radical (unpaired) electrons. The van der Waals surface area contributed by atoms with E-state index in [2.05, 4.69) is 0 Å². The van der Waals surface area contributed by atoms with Gasteiger partial charge >= 0.3 is 5.97 Å². The summed E-state index contributed by atoms with van der Waals surface area (Å²) in [4.78, 5) is 54.0. The van der Waals surface area contributed by atoms with Crippen LogP contribution in [0.1, 0.15) is 66.7 Å². The van der Waals surface area contributed by atoms with Crippen molar-refractivity contribution < 1.29 is 23.9 Å². The third-order valence-corrected chi connectivity index (χ3v) is 6.96. The Hall–Kier alpha value is -2.70. The number of nitrogens with zero attached hydrogens (tertiary/aromatic N) is 2. The highest BCUT2D eigenvalue weighted by atomic mass is 16.5. The van der Waals surface area contributed by atoms with Crippen LogP contribution in [0.25, 0.3) is 0 Å². The zero-order valence-electron chi connectivity index (χ0n) is 18.2. The van der Waals surface area contributed by atoms with Gasteiger partial charge in [0.15, 0.2) is 6.61 Å². The highest BCUT2D eigenvalue weighted by molar-refractivity contribution is 6.22. The van der Waals surface area contributed by atoms with E-state index in [9.17, 15) is 19.2 Å². The van der Waals surface area contributed by atoms with Gasteiger partial charge in [0, 0.05) is 13.1 Å². The van der Waals surface area contributed by atoms with Gasteiger partial charge in [0.05, 0.1) is 11.1 Å². The molecule has 166 valence electrons. The van der Waals surface area contributed by atoms with E-state index in [-0.39, 0.29) is 29.6 Å². The predicted octanol–water partition coefficient (Wildman–Crippen LogP) is 2.89. The molecule has 1 aromatic rings. The van der Waals surface area contributed by atoms with Gasteiger partial charge in [-0.25, -0.2) is 4.79 Å². The average molecular weight is 427 g/mol. The number of amides is 3. The molecule has 31 heavy (non-hydrogen) atoms. The van der Waals surface area contributed by atoms with Crippen LogP contribution in [0.3, 0.4) is 0 Å². The van der Waals surface area contributed by atoms with Crippen molar-refractivity contribution in [2.75, 3.05) is 19.7 Å². The molecule has 1 saturated carbocycles. The number of esters is 1. The number of likely N-dealkylation sites (tertiary alicyclic amines) is 1. The number of fused-ring (bicyclic) bond motifs is 2.